The fourth-order valence-electron chi connectivity index (χ4n) is 2.35. The number of piperidine rings is 1. The van der Waals surface area contributed by atoms with Crippen LogP contribution in [0.25, 0.3) is 0 Å². The summed E-state index contributed by atoms with van der Waals surface area (Å²) in [5, 5.41) is 6.31. The van der Waals surface area contributed by atoms with Crippen LogP contribution >= 0.6 is 0 Å². The molecule has 1 heterocycles. The molecule has 1 aliphatic rings. The van der Waals surface area contributed by atoms with Gasteiger partial charge in [0.1, 0.15) is 5.60 Å². The Hall–Kier alpha value is -1.88. The summed E-state index contributed by atoms with van der Waals surface area (Å²) in [5.74, 6) is 0.439. The minimum Gasteiger partial charge on any atom is -0.462 e. The molecule has 5 heteroatoms. The van der Waals surface area contributed by atoms with Crippen LogP contribution < -0.4 is 10.6 Å². The molecule has 1 aliphatic heterocycles. The van der Waals surface area contributed by atoms with Crippen LogP contribution in [0.1, 0.15) is 39.2 Å². The van der Waals surface area contributed by atoms with Crippen LogP contribution in [0.5, 0.6) is 0 Å². The molecule has 0 spiro atoms. The Morgan fingerprint density at radius 1 is 1.25 bits per heavy atom. The summed E-state index contributed by atoms with van der Waals surface area (Å²) >= 11 is 0. The number of carbonyl (C=O) groups is 2. The maximum atomic E-state index is 11.8. The molecule has 0 aliphatic carbocycles. The predicted molar refractivity (Wildman–Crippen MR) is 95.7 cm³/mol. The number of rotatable bonds is 5. The van der Waals surface area contributed by atoms with Crippen LogP contribution in [0.4, 0.5) is 0 Å². The van der Waals surface area contributed by atoms with Gasteiger partial charge in [-0.3, -0.25) is 9.59 Å². The lowest BCUT2D eigenvalue weighted by Crippen LogP contribution is -2.38. The lowest BCUT2D eigenvalue weighted by Gasteiger charge is -2.21. The molecule has 1 aromatic rings. The van der Waals surface area contributed by atoms with E-state index in [2.05, 4.69) is 27.5 Å². The Morgan fingerprint density at radius 3 is 2.38 bits per heavy atom. The third-order valence-corrected chi connectivity index (χ3v) is 3.67. The van der Waals surface area contributed by atoms with Crippen molar-refractivity contribution in [1.29, 1.82) is 0 Å². The van der Waals surface area contributed by atoms with Crippen molar-refractivity contribution in [1.82, 2.24) is 10.6 Å². The van der Waals surface area contributed by atoms with Gasteiger partial charge in [0.15, 0.2) is 0 Å². The second-order valence-electron chi connectivity index (χ2n) is 6.88. The monoisotopic (exact) mass is 334 g/mol. The maximum absolute atomic E-state index is 11.8. The fraction of sp³-hybridized carbons (Fsp3) is 0.579. The smallest absolute Gasteiger partial charge is 0.293 e. The van der Waals surface area contributed by atoms with Crippen molar-refractivity contribution in [2.75, 3.05) is 19.6 Å². The van der Waals surface area contributed by atoms with E-state index in [1.807, 2.05) is 39.0 Å². The number of nitrogens with one attached hydrogen (secondary N) is 2. The number of hydrogen-bond donors (Lipinski definition) is 2. The molecule has 0 aromatic heterocycles. The van der Waals surface area contributed by atoms with Crippen LogP contribution in [0, 0.1) is 5.92 Å². The minimum absolute atomic E-state index is 0.215. The van der Waals surface area contributed by atoms with E-state index in [-0.39, 0.29) is 17.4 Å². The Morgan fingerprint density at radius 2 is 1.88 bits per heavy atom. The maximum Gasteiger partial charge on any atom is 0.293 e. The molecule has 1 aromatic carbocycles. The van der Waals surface area contributed by atoms with Gasteiger partial charge in [-0.15, -0.1) is 0 Å². The van der Waals surface area contributed by atoms with Gasteiger partial charge in [0.05, 0.1) is 0 Å². The summed E-state index contributed by atoms with van der Waals surface area (Å²) in [7, 11) is 0. The Labute approximate surface area is 145 Å². The number of benzene rings is 1. The summed E-state index contributed by atoms with van der Waals surface area (Å²) in [6.45, 7) is 8.60. The second kappa shape index (κ2) is 10.8. The quantitative estimate of drug-likeness (QED) is 0.811. The average Bonchev–Trinajstić information content (AvgIpc) is 2.56. The van der Waals surface area contributed by atoms with Crippen LogP contribution in [-0.4, -0.2) is 37.6 Å². The molecule has 2 N–H and O–H groups in total. The first-order chi connectivity index (χ1) is 11.4. The molecule has 1 fully saturated rings. The summed E-state index contributed by atoms with van der Waals surface area (Å²) < 4.78 is 4.55. The van der Waals surface area contributed by atoms with E-state index < -0.39 is 0 Å². The second-order valence-corrected chi connectivity index (χ2v) is 6.88. The van der Waals surface area contributed by atoms with Crippen molar-refractivity contribution < 1.29 is 14.3 Å². The van der Waals surface area contributed by atoms with E-state index >= 15 is 0 Å². The zero-order valence-corrected chi connectivity index (χ0v) is 15.0. The van der Waals surface area contributed by atoms with Gasteiger partial charge in [0, 0.05) is 12.5 Å². The topological polar surface area (TPSA) is 67.4 Å². The lowest BCUT2D eigenvalue weighted by atomic mass is 9.97. The van der Waals surface area contributed by atoms with Gasteiger partial charge in [0.2, 0.25) is 5.91 Å². The molecule has 134 valence electrons. The van der Waals surface area contributed by atoms with Crippen molar-refractivity contribution in [2.24, 2.45) is 5.92 Å². The average molecular weight is 334 g/mol. The molecule has 0 bridgehead atoms. The normalized spacial score (nSPS) is 15.0. The molecule has 0 unspecified atom stereocenters. The zero-order chi connectivity index (χ0) is 17.8. The van der Waals surface area contributed by atoms with E-state index in [0.29, 0.717) is 6.47 Å². The first-order valence-electron chi connectivity index (χ1n) is 8.56. The van der Waals surface area contributed by atoms with Gasteiger partial charge in [-0.25, -0.2) is 0 Å². The van der Waals surface area contributed by atoms with E-state index in [0.717, 1.165) is 38.9 Å². The van der Waals surface area contributed by atoms with Gasteiger partial charge in [-0.1, -0.05) is 30.3 Å². The Bertz CT molecular complexity index is 477. The molecule has 0 saturated carbocycles. The molecule has 0 radical (unpaired) electrons. The highest BCUT2D eigenvalue weighted by Crippen LogP contribution is 2.11. The SMILES string of the molecule is CC(C)(C)OC=O.O=C(NCCc1ccccc1)C1CCNCC1. The largest absolute Gasteiger partial charge is 0.462 e. The van der Waals surface area contributed by atoms with Crippen LogP contribution in [0.15, 0.2) is 30.3 Å². The molecule has 5 nitrogen and oxygen atoms in total. The van der Waals surface area contributed by atoms with E-state index in [9.17, 15) is 9.59 Å². The highest BCUT2D eigenvalue weighted by Gasteiger charge is 2.19. The van der Waals surface area contributed by atoms with E-state index in [4.69, 9.17) is 0 Å². The number of ether oxygens (including phenoxy) is 1. The molecule has 2 rings (SSSR count). The first kappa shape index (κ1) is 20.2. The van der Waals surface area contributed by atoms with Gasteiger partial charge < -0.3 is 15.4 Å². The molecule has 1 saturated heterocycles. The van der Waals surface area contributed by atoms with Crippen molar-refractivity contribution in [3.05, 3.63) is 35.9 Å². The third-order valence-electron chi connectivity index (χ3n) is 3.67. The van der Waals surface area contributed by atoms with Gasteiger partial charge in [-0.2, -0.15) is 0 Å². The standard InChI is InChI=1S/C14H20N2O.C5H10O2/c17-14(13-7-9-15-10-8-13)16-11-6-12-4-2-1-3-5-12;1-5(2,3)7-4-6/h1-5,13,15H,6-11H2,(H,16,17);4H,1-3H3. The number of amides is 1. The summed E-state index contributed by atoms with van der Waals surface area (Å²) in [4.78, 5) is 21.4. The molecular formula is C19H30N2O3. The zero-order valence-electron chi connectivity index (χ0n) is 15.0. The predicted octanol–water partition coefficient (Wildman–Crippen LogP) is 2.30. The van der Waals surface area contributed by atoms with E-state index in [1.54, 1.807) is 0 Å². The van der Waals surface area contributed by atoms with Crippen molar-refractivity contribution in [3.63, 3.8) is 0 Å². The lowest BCUT2D eigenvalue weighted by molar-refractivity contribution is -0.138. The summed E-state index contributed by atoms with van der Waals surface area (Å²) in [6.07, 6.45) is 2.85. The minimum atomic E-state index is -0.318. The molecule has 24 heavy (non-hydrogen) atoms. The van der Waals surface area contributed by atoms with Crippen molar-refractivity contribution >= 4 is 12.4 Å². The fourth-order valence-corrected chi connectivity index (χ4v) is 2.35. The van der Waals surface area contributed by atoms with Crippen LogP contribution in [0.3, 0.4) is 0 Å². The summed E-state index contributed by atoms with van der Waals surface area (Å²) in [5.41, 5.74) is 0.958. The first-order valence-corrected chi connectivity index (χ1v) is 8.56. The molecule has 0 atom stereocenters. The van der Waals surface area contributed by atoms with Gasteiger partial charge >= 0.3 is 0 Å². The number of carbonyl (C=O) groups excluding carboxylic acids is 2. The number of hydrogen-bond acceptors (Lipinski definition) is 4. The van der Waals surface area contributed by atoms with Crippen molar-refractivity contribution in [2.45, 2.75) is 45.6 Å². The van der Waals surface area contributed by atoms with Crippen molar-refractivity contribution in [3.8, 4) is 0 Å². The van der Waals surface area contributed by atoms with Crippen LogP contribution in [0.2, 0.25) is 0 Å². The highest BCUT2D eigenvalue weighted by molar-refractivity contribution is 5.78. The third kappa shape index (κ3) is 9.30. The molecular weight excluding hydrogens is 304 g/mol. The summed E-state index contributed by atoms with van der Waals surface area (Å²) in [6, 6.07) is 10.3. The Kier molecular flexibility index (Phi) is 9.08. The Balaban J connectivity index is 0.000000351. The van der Waals surface area contributed by atoms with E-state index in [1.165, 1.54) is 5.56 Å². The highest BCUT2D eigenvalue weighted by atomic mass is 16.5. The van der Waals surface area contributed by atoms with Gasteiger partial charge in [0.25, 0.3) is 6.47 Å². The van der Waals surface area contributed by atoms with Crippen LogP contribution in [-0.2, 0) is 20.7 Å². The molecule has 1 amide bonds. The van der Waals surface area contributed by atoms with Gasteiger partial charge in [-0.05, 0) is 58.7 Å².